The summed E-state index contributed by atoms with van der Waals surface area (Å²) in [4.78, 5) is 3.27. The lowest BCUT2D eigenvalue weighted by molar-refractivity contribution is -0.141. The number of hydrogen-bond donors (Lipinski definition) is 0. The second-order valence-corrected chi connectivity index (χ2v) is 3.34. The van der Waals surface area contributed by atoms with E-state index in [4.69, 9.17) is 4.74 Å². The molecule has 0 N–H and O–H groups in total. The molecule has 1 aromatic carbocycles. The Hall–Kier alpha value is -1.85. The van der Waals surface area contributed by atoms with Crippen molar-refractivity contribution in [3.63, 3.8) is 0 Å². The normalized spacial score (nSPS) is 11.8. The van der Waals surface area contributed by atoms with E-state index in [9.17, 15) is 17.6 Å². The van der Waals surface area contributed by atoms with Crippen molar-refractivity contribution in [2.75, 3.05) is 7.11 Å². The quantitative estimate of drug-likeness (QED) is 0.718. The number of pyridine rings is 1. The van der Waals surface area contributed by atoms with Gasteiger partial charge in [0.15, 0.2) is 0 Å². The Labute approximate surface area is 93.8 Å². The molecule has 90 valence electrons. The van der Waals surface area contributed by atoms with Crippen LogP contribution in [-0.2, 0) is 6.18 Å². The maximum atomic E-state index is 13.4. The Morgan fingerprint density at radius 1 is 1.24 bits per heavy atom. The topological polar surface area (TPSA) is 22.1 Å². The van der Waals surface area contributed by atoms with Gasteiger partial charge in [0.1, 0.15) is 22.8 Å². The lowest BCUT2D eigenvalue weighted by Crippen LogP contribution is -2.09. The maximum Gasteiger partial charge on any atom is 0.433 e. The third-order valence-corrected chi connectivity index (χ3v) is 2.26. The summed E-state index contributed by atoms with van der Waals surface area (Å²) in [5, 5.41) is 0.209. The number of ether oxygens (including phenoxy) is 1. The highest BCUT2D eigenvalue weighted by atomic mass is 19.4. The molecule has 0 atom stereocenters. The second kappa shape index (κ2) is 3.87. The minimum Gasteiger partial charge on any atom is -0.496 e. The first-order chi connectivity index (χ1) is 7.93. The van der Waals surface area contributed by atoms with E-state index in [1.807, 2.05) is 0 Å². The fraction of sp³-hybridized carbons (Fsp3) is 0.182. The Morgan fingerprint density at radius 3 is 2.53 bits per heavy atom. The fourth-order valence-corrected chi connectivity index (χ4v) is 1.50. The Kier molecular flexibility index (Phi) is 2.65. The van der Waals surface area contributed by atoms with Crippen LogP contribution in [-0.4, -0.2) is 12.1 Å². The number of alkyl halides is 3. The van der Waals surface area contributed by atoms with Gasteiger partial charge in [-0.15, -0.1) is 0 Å². The predicted molar refractivity (Wildman–Crippen MR) is 53.3 cm³/mol. The van der Waals surface area contributed by atoms with Crippen molar-refractivity contribution in [1.82, 2.24) is 4.98 Å². The molecule has 0 amide bonds. The van der Waals surface area contributed by atoms with Crippen LogP contribution >= 0.6 is 0 Å². The van der Waals surface area contributed by atoms with Crippen LogP contribution in [0.1, 0.15) is 5.69 Å². The second-order valence-electron chi connectivity index (χ2n) is 3.34. The van der Waals surface area contributed by atoms with Crippen molar-refractivity contribution >= 4 is 10.9 Å². The summed E-state index contributed by atoms with van der Waals surface area (Å²) in [5.41, 5.74) is -1.52. The smallest absolute Gasteiger partial charge is 0.433 e. The van der Waals surface area contributed by atoms with Crippen LogP contribution in [0.25, 0.3) is 10.9 Å². The maximum absolute atomic E-state index is 13.4. The van der Waals surface area contributed by atoms with Gasteiger partial charge in [0, 0.05) is 11.5 Å². The molecule has 0 fully saturated rings. The number of rotatable bonds is 1. The van der Waals surface area contributed by atoms with E-state index in [1.165, 1.54) is 19.2 Å². The molecule has 0 aliphatic rings. The van der Waals surface area contributed by atoms with Gasteiger partial charge in [0.05, 0.1) is 7.11 Å². The van der Waals surface area contributed by atoms with Gasteiger partial charge in [0.25, 0.3) is 0 Å². The molecule has 0 aliphatic heterocycles. The van der Waals surface area contributed by atoms with Crippen molar-refractivity contribution in [3.8, 4) is 5.75 Å². The van der Waals surface area contributed by atoms with Crippen LogP contribution in [0.2, 0.25) is 0 Å². The molecule has 6 heteroatoms. The van der Waals surface area contributed by atoms with E-state index < -0.39 is 17.7 Å². The third-order valence-electron chi connectivity index (χ3n) is 2.26. The summed E-state index contributed by atoms with van der Waals surface area (Å²) >= 11 is 0. The molecule has 0 spiro atoms. The van der Waals surface area contributed by atoms with Gasteiger partial charge < -0.3 is 4.74 Å². The van der Waals surface area contributed by atoms with E-state index >= 15 is 0 Å². The average molecular weight is 245 g/mol. The number of para-hydroxylation sites is 1. The molecule has 1 heterocycles. The van der Waals surface area contributed by atoms with Gasteiger partial charge in [-0.2, -0.15) is 13.2 Å². The Bertz CT molecular complexity index is 565. The highest BCUT2D eigenvalue weighted by Gasteiger charge is 2.34. The lowest BCUT2D eigenvalue weighted by Gasteiger charge is -2.10. The molecule has 2 aromatic rings. The molecule has 0 radical (unpaired) electrons. The van der Waals surface area contributed by atoms with E-state index in [1.54, 1.807) is 0 Å². The van der Waals surface area contributed by atoms with Crippen LogP contribution in [0.5, 0.6) is 5.75 Å². The van der Waals surface area contributed by atoms with Gasteiger partial charge in [-0.3, -0.25) is 0 Å². The SMILES string of the molecule is COc1cc(C(F)(F)F)nc2c(F)cccc12. The van der Waals surface area contributed by atoms with E-state index in [-0.39, 0.29) is 16.7 Å². The van der Waals surface area contributed by atoms with Gasteiger partial charge in [-0.25, -0.2) is 9.37 Å². The number of fused-ring (bicyclic) bond motifs is 1. The Morgan fingerprint density at radius 2 is 1.94 bits per heavy atom. The minimum atomic E-state index is -4.64. The van der Waals surface area contributed by atoms with Crippen molar-refractivity contribution < 1.29 is 22.3 Å². The number of nitrogens with zero attached hydrogens (tertiary/aromatic N) is 1. The van der Waals surface area contributed by atoms with Crippen molar-refractivity contribution in [3.05, 3.63) is 35.8 Å². The van der Waals surface area contributed by atoms with E-state index in [0.717, 1.165) is 12.1 Å². The van der Waals surface area contributed by atoms with Crippen LogP contribution in [0.15, 0.2) is 24.3 Å². The van der Waals surface area contributed by atoms with Crippen molar-refractivity contribution in [2.24, 2.45) is 0 Å². The summed E-state index contributed by atoms with van der Waals surface area (Å²) in [6.45, 7) is 0. The predicted octanol–water partition coefficient (Wildman–Crippen LogP) is 3.40. The molecule has 1 aromatic heterocycles. The molecule has 2 rings (SSSR count). The van der Waals surface area contributed by atoms with E-state index in [2.05, 4.69) is 4.98 Å². The zero-order chi connectivity index (χ0) is 12.6. The van der Waals surface area contributed by atoms with Gasteiger partial charge in [-0.05, 0) is 12.1 Å². The molecular formula is C11H7F4NO. The van der Waals surface area contributed by atoms with E-state index in [0.29, 0.717) is 0 Å². The molecule has 0 bridgehead atoms. The first-order valence-electron chi connectivity index (χ1n) is 4.64. The standard InChI is InChI=1S/C11H7F4NO/c1-17-8-5-9(11(13,14)15)16-10-6(8)3-2-4-7(10)12/h2-5H,1H3. The summed E-state index contributed by atoms with van der Waals surface area (Å²) in [6.07, 6.45) is -4.64. The zero-order valence-corrected chi connectivity index (χ0v) is 8.68. The summed E-state index contributed by atoms with van der Waals surface area (Å²) in [7, 11) is 1.22. The van der Waals surface area contributed by atoms with Gasteiger partial charge in [0.2, 0.25) is 0 Å². The third kappa shape index (κ3) is 2.02. The van der Waals surface area contributed by atoms with Crippen LogP contribution in [0.4, 0.5) is 17.6 Å². The van der Waals surface area contributed by atoms with Crippen molar-refractivity contribution in [1.29, 1.82) is 0 Å². The summed E-state index contributed by atoms with van der Waals surface area (Å²) in [5.74, 6) is -0.867. The monoisotopic (exact) mass is 245 g/mol. The molecule has 0 unspecified atom stereocenters. The molecule has 2 nitrogen and oxygen atoms in total. The zero-order valence-electron chi connectivity index (χ0n) is 8.68. The minimum absolute atomic E-state index is 0.0539. The largest absolute Gasteiger partial charge is 0.496 e. The van der Waals surface area contributed by atoms with Crippen molar-refractivity contribution in [2.45, 2.75) is 6.18 Å². The Balaban J connectivity index is 2.81. The summed E-state index contributed by atoms with van der Waals surface area (Å²) in [6, 6.07) is 4.64. The highest BCUT2D eigenvalue weighted by molar-refractivity contribution is 5.85. The summed E-state index contributed by atoms with van der Waals surface area (Å²) < 4.78 is 55.8. The molecular weight excluding hydrogens is 238 g/mol. The number of halogens is 4. The number of methoxy groups -OCH3 is 1. The van der Waals surface area contributed by atoms with Crippen LogP contribution in [0.3, 0.4) is 0 Å². The molecule has 0 saturated heterocycles. The average Bonchev–Trinajstić information content (AvgIpc) is 2.27. The number of benzene rings is 1. The first kappa shape index (κ1) is 11.6. The molecule has 17 heavy (non-hydrogen) atoms. The van der Waals surface area contributed by atoms with Gasteiger partial charge >= 0.3 is 6.18 Å². The van der Waals surface area contributed by atoms with Gasteiger partial charge in [-0.1, -0.05) is 6.07 Å². The number of hydrogen-bond acceptors (Lipinski definition) is 2. The number of aromatic nitrogens is 1. The lowest BCUT2D eigenvalue weighted by atomic mass is 10.1. The highest BCUT2D eigenvalue weighted by Crippen LogP contribution is 2.34. The first-order valence-corrected chi connectivity index (χ1v) is 4.64. The molecule has 0 saturated carbocycles. The van der Waals surface area contributed by atoms with Crippen LogP contribution in [0, 0.1) is 5.82 Å². The fourth-order valence-electron chi connectivity index (χ4n) is 1.50. The molecule has 0 aliphatic carbocycles. The van der Waals surface area contributed by atoms with Crippen LogP contribution < -0.4 is 4.74 Å².